The minimum atomic E-state index is -0.577. The van der Waals surface area contributed by atoms with Crippen molar-refractivity contribution in [2.45, 2.75) is 5.41 Å². The number of benzene rings is 8. The summed E-state index contributed by atoms with van der Waals surface area (Å²) >= 11 is 0. The Morgan fingerprint density at radius 1 is 0.362 bits per heavy atom. The largest absolute Gasteiger partial charge is 0.309 e. The zero-order valence-electron chi connectivity index (χ0n) is 31.4. The van der Waals surface area contributed by atoms with E-state index in [-0.39, 0.29) is 0 Å². The summed E-state index contributed by atoms with van der Waals surface area (Å²) in [4.78, 5) is 10.0. The molecule has 0 bridgehead atoms. The van der Waals surface area contributed by atoms with Crippen molar-refractivity contribution in [1.82, 2.24) is 14.5 Å². The Kier molecular flexibility index (Phi) is 6.37. The first-order valence-electron chi connectivity index (χ1n) is 20.0. The average molecular weight is 736 g/mol. The van der Waals surface area contributed by atoms with Crippen LogP contribution in [0.2, 0.25) is 0 Å². The number of rotatable bonds is 3. The molecule has 0 fully saturated rings. The minimum Gasteiger partial charge on any atom is -0.309 e. The van der Waals surface area contributed by atoms with Crippen LogP contribution in [0.15, 0.2) is 200 Å². The van der Waals surface area contributed by atoms with Gasteiger partial charge < -0.3 is 4.57 Å². The molecule has 2 aliphatic carbocycles. The van der Waals surface area contributed by atoms with Gasteiger partial charge in [-0.25, -0.2) is 0 Å². The molecular weight excluding hydrogens is 703 g/mol. The lowest BCUT2D eigenvalue weighted by atomic mass is 9.70. The average Bonchev–Trinajstić information content (AvgIpc) is 3.89. The Morgan fingerprint density at radius 2 is 1.00 bits per heavy atom. The van der Waals surface area contributed by atoms with Crippen LogP contribution in [-0.2, 0) is 5.41 Å². The van der Waals surface area contributed by atoms with E-state index >= 15 is 0 Å². The van der Waals surface area contributed by atoms with E-state index in [0.717, 1.165) is 17.1 Å². The predicted octanol–water partition coefficient (Wildman–Crippen LogP) is 13.6. The summed E-state index contributed by atoms with van der Waals surface area (Å²) in [5, 5.41) is 7.34. The highest BCUT2D eigenvalue weighted by Gasteiger charge is 2.52. The van der Waals surface area contributed by atoms with Crippen LogP contribution in [0.1, 0.15) is 22.3 Å². The lowest BCUT2D eigenvalue weighted by molar-refractivity contribution is 0.792. The molecule has 11 aromatic rings. The SMILES string of the molecule is c1ccc(-n2c3ccccc3c3cc4c(cc32)C2(c3ccccc3-4)c3cc(-c4c5ccccc5c(-c5ccccn5)c5ccccc45)ccc3-c3ncccc32)cc1. The zero-order valence-corrected chi connectivity index (χ0v) is 31.4. The molecule has 0 amide bonds. The standard InChI is InChI=1S/C55H33N3/c1-2-15-35(16-3-1)58-50-26-11-9-18-37(50)44-32-43-36-17-8-10-23-45(36)55(48(43)33-51(44)58)46-24-14-30-57-54(46)42-28-27-34(31-47(42)55)52-38-19-4-6-21-40(38)53(49-25-12-13-29-56-49)41-22-7-5-20-39(41)52/h1-33H. The lowest BCUT2D eigenvalue weighted by Crippen LogP contribution is -2.26. The van der Waals surface area contributed by atoms with Crippen molar-refractivity contribution < 1.29 is 0 Å². The van der Waals surface area contributed by atoms with E-state index in [2.05, 4.69) is 187 Å². The monoisotopic (exact) mass is 735 g/mol. The summed E-state index contributed by atoms with van der Waals surface area (Å²) in [6.07, 6.45) is 3.84. The summed E-state index contributed by atoms with van der Waals surface area (Å²) in [6, 6.07) is 69.1. The van der Waals surface area contributed by atoms with Crippen LogP contribution in [0.3, 0.4) is 0 Å². The third kappa shape index (κ3) is 4.02. The van der Waals surface area contributed by atoms with E-state index in [9.17, 15) is 0 Å². The van der Waals surface area contributed by atoms with Crippen molar-refractivity contribution in [2.75, 3.05) is 0 Å². The first-order valence-corrected chi connectivity index (χ1v) is 20.0. The van der Waals surface area contributed by atoms with E-state index in [4.69, 9.17) is 9.97 Å². The van der Waals surface area contributed by atoms with E-state index in [0.29, 0.717) is 0 Å². The highest BCUT2D eigenvalue weighted by Crippen LogP contribution is 2.63. The maximum absolute atomic E-state index is 5.16. The Morgan fingerprint density at radius 3 is 1.78 bits per heavy atom. The molecule has 2 aliphatic rings. The second-order valence-electron chi connectivity index (χ2n) is 15.6. The summed E-state index contributed by atoms with van der Waals surface area (Å²) in [5.74, 6) is 0. The molecule has 3 heterocycles. The van der Waals surface area contributed by atoms with Crippen molar-refractivity contribution in [1.29, 1.82) is 0 Å². The second-order valence-corrected chi connectivity index (χ2v) is 15.6. The van der Waals surface area contributed by atoms with Crippen LogP contribution in [0.25, 0.3) is 93.8 Å². The third-order valence-corrected chi connectivity index (χ3v) is 12.9. The maximum Gasteiger partial charge on any atom is 0.0753 e. The number of pyridine rings is 2. The summed E-state index contributed by atoms with van der Waals surface area (Å²) in [7, 11) is 0. The Labute approximate surface area is 335 Å². The zero-order chi connectivity index (χ0) is 38.0. The first-order chi connectivity index (χ1) is 28.8. The van der Waals surface area contributed by atoms with Gasteiger partial charge in [-0.05, 0) is 121 Å². The smallest absolute Gasteiger partial charge is 0.0753 e. The molecule has 0 aliphatic heterocycles. The molecule has 13 rings (SSSR count). The summed E-state index contributed by atoms with van der Waals surface area (Å²) in [6.45, 7) is 0. The van der Waals surface area contributed by atoms with E-state index in [1.165, 1.54) is 99.0 Å². The first kappa shape index (κ1) is 31.6. The molecule has 0 saturated carbocycles. The molecule has 3 nitrogen and oxygen atoms in total. The van der Waals surface area contributed by atoms with Crippen LogP contribution in [0, 0.1) is 0 Å². The number of hydrogen-bond donors (Lipinski definition) is 0. The van der Waals surface area contributed by atoms with Gasteiger partial charge in [-0.1, -0.05) is 133 Å². The molecule has 1 atom stereocenters. The Balaban J connectivity index is 1.15. The van der Waals surface area contributed by atoms with E-state index in [1.807, 2.05) is 18.5 Å². The maximum atomic E-state index is 5.16. The number of nitrogens with zero attached hydrogens (tertiary/aromatic N) is 3. The topological polar surface area (TPSA) is 30.7 Å². The van der Waals surface area contributed by atoms with Crippen molar-refractivity contribution >= 4 is 43.4 Å². The molecule has 0 N–H and O–H groups in total. The van der Waals surface area contributed by atoms with Crippen molar-refractivity contribution in [3.63, 3.8) is 0 Å². The second kappa shape index (κ2) is 11.7. The quantitative estimate of drug-likeness (QED) is 0.169. The highest BCUT2D eigenvalue weighted by molar-refractivity contribution is 6.21. The fourth-order valence-corrected chi connectivity index (χ4v) is 10.7. The van der Waals surface area contributed by atoms with Gasteiger partial charge in [0, 0.05) is 40.0 Å². The number of hydrogen-bond acceptors (Lipinski definition) is 2. The molecule has 268 valence electrons. The van der Waals surface area contributed by atoms with Gasteiger partial charge in [0.15, 0.2) is 0 Å². The number of fused-ring (bicyclic) bond motifs is 15. The van der Waals surface area contributed by atoms with Gasteiger partial charge in [0.2, 0.25) is 0 Å². The molecule has 3 aromatic heterocycles. The minimum absolute atomic E-state index is 0.577. The van der Waals surface area contributed by atoms with Crippen LogP contribution >= 0.6 is 0 Å². The van der Waals surface area contributed by atoms with Crippen molar-refractivity contribution in [3.05, 3.63) is 223 Å². The van der Waals surface area contributed by atoms with Crippen molar-refractivity contribution in [2.24, 2.45) is 0 Å². The van der Waals surface area contributed by atoms with Gasteiger partial charge >= 0.3 is 0 Å². The fraction of sp³-hybridized carbons (Fsp3) is 0.0182. The van der Waals surface area contributed by atoms with Gasteiger partial charge in [-0.3, -0.25) is 9.97 Å². The van der Waals surface area contributed by atoms with Crippen molar-refractivity contribution in [3.8, 4) is 50.5 Å². The number of para-hydroxylation sites is 2. The Hall–Kier alpha value is -7.62. The summed E-state index contributed by atoms with van der Waals surface area (Å²) in [5.41, 5.74) is 17.5. The van der Waals surface area contributed by atoms with Gasteiger partial charge in [-0.15, -0.1) is 0 Å². The predicted molar refractivity (Wildman–Crippen MR) is 239 cm³/mol. The van der Waals surface area contributed by atoms with Crippen LogP contribution in [0.4, 0.5) is 0 Å². The van der Waals surface area contributed by atoms with Gasteiger partial charge in [0.25, 0.3) is 0 Å². The van der Waals surface area contributed by atoms with Gasteiger partial charge in [0.05, 0.1) is 27.8 Å². The van der Waals surface area contributed by atoms with Crippen LogP contribution in [0.5, 0.6) is 0 Å². The molecule has 1 unspecified atom stereocenters. The fourth-order valence-electron chi connectivity index (χ4n) is 10.7. The van der Waals surface area contributed by atoms with Gasteiger partial charge in [-0.2, -0.15) is 0 Å². The molecule has 3 heteroatoms. The third-order valence-electron chi connectivity index (χ3n) is 12.9. The molecular formula is C55H33N3. The lowest BCUT2D eigenvalue weighted by Gasteiger charge is -2.30. The molecule has 58 heavy (non-hydrogen) atoms. The molecule has 0 saturated heterocycles. The van der Waals surface area contributed by atoms with Crippen LogP contribution in [-0.4, -0.2) is 14.5 Å². The number of aromatic nitrogens is 3. The molecule has 1 spiro atoms. The highest BCUT2D eigenvalue weighted by atomic mass is 15.0. The van der Waals surface area contributed by atoms with Gasteiger partial charge in [0.1, 0.15) is 0 Å². The van der Waals surface area contributed by atoms with E-state index in [1.54, 1.807) is 0 Å². The normalized spacial score (nSPS) is 15.0. The van der Waals surface area contributed by atoms with Crippen LogP contribution < -0.4 is 0 Å². The molecule has 0 radical (unpaired) electrons. The van der Waals surface area contributed by atoms with E-state index < -0.39 is 5.41 Å². The summed E-state index contributed by atoms with van der Waals surface area (Å²) < 4.78 is 2.44. The molecule has 8 aromatic carbocycles. The Bertz CT molecular complexity index is 3450.